The quantitative estimate of drug-likeness (QED) is 0.171. The van der Waals surface area contributed by atoms with Gasteiger partial charge in [-0.25, -0.2) is 4.79 Å². The number of likely N-dealkylation sites (tertiary alicyclic amines) is 1. The lowest BCUT2D eigenvalue weighted by Gasteiger charge is -2.20. The minimum Gasteiger partial charge on any atom is -0.450 e. The Bertz CT molecular complexity index is 488. The van der Waals surface area contributed by atoms with E-state index in [2.05, 4.69) is 34.8 Å². The van der Waals surface area contributed by atoms with E-state index in [4.69, 9.17) is 4.74 Å². The van der Waals surface area contributed by atoms with E-state index in [9.17, 15) is 9.59 Å². The zero-order chi connectivity index (χ0) is 20.1. The van der Waals surface area contributed by atoms with Crippen molar-refractivity contribution in [2.75, 3.05) is 39.3 Å². The van der Waals surface area contributed by atoms with Crippen LogP contribution in [0, 0.1) is 5.92 Å². The predicted molar refractivity (Wildman–Crippen MR) is 123 cm³/mol. The summed E-state index contributed by atoms with van der Waals surface area (Å²) in [7, 11) is 0. The van der Waals surface area contributed by atoms with E-state index < -0.39 is 6.09 Å². The number of aliphatic imine (C=N–C) groups is 1. The van der Waals surface area contributed by atoms with Gasteiger partial charge in [-0.1, -0.05) is 13.8 Å². The Morgan fingerprint density at radius 2 is 2.04 bits per heavy atom. The van der Waals surface area contributed by atoms with E-state index in [1.54, 1.807) is 6.92 Å². The van der Waals surface area contributed by atoms with Crippen LogP contribution < -0.4 is 16.0 Å². The second-order valence-corrected chi connectivity index (χ2v) is 7.18. The molecule has 8 nitrogen and oxygen atoms in total. The molecule has 2 amide bonds. The van der Waals surface area contributed by atoms with E-state index >= 15 is 0 Å². The third-order valence-corrected chi connectivity index (χ3v) is 4.24. The minimum absolute atomic E-state index is 0. The highest BCUT2D eigenvalue weighted by Gasteiger charge is 2.19. The summed E-state index contributed by atoms with van der Waals surface area (Å²) in [4.78, 5) is 29.9. The Balaban J connectivity index is 0.00000729. The van der Waals surface area contributed by atoms with Gasteiger partial charge in [0.25, 0.3) is 0 Å². The monoisotopic (exact) mass is 511 g/mol. The number of amides is 2. The summed E-state index contributed by atoms with van der Waals surface area (Å²) >= 11 is 0. The van der Waals surface area contributed by atoms with Crippen molar-refractivity contribution in [1.82, 2.24) is 20.9 Å². The average Bonchev–Trinajstić information content (AvgIpc) is 3.01. The highest BCUT2D eigenvalue weighted by Crippen LogP contribution is 2.09. The molecule has 1 atom stereocenters. The molecule has 0 aromatic carbocycles. The molecule has 1 unspecified atom stereocenters. The summed E-state index contributed by atoms with van der Waals surface area (Å²) in [5.74, 6) is 1.43. The van der Waals surface area contributed by atoms with Crippen LogP contribution in [0.4, 0.5) is 4.79 Å². The first kappa shape index (κ1) is 26.7. The maximum absolute atomic E-state index is 11.7. The van der Waals surface area contributed by atoms with Crippen LogP contribution in [-0.4, -0.2) is 68.2 Å². The fraction of sp³-hybridized carbons (Fsp3) is 0.842. The normalized spacial score (nSPS) is 15.2. The first-order chi connectivity index (χ1) is 13.0. The van der Waals surface area contributed by atoms with E-state index in [0.717, 1.165) is 51.4 Å². The van der Waals surface area contributed by atoms with E-state index in [-0.39, 0.29) is 35.9 Å². The Hall–Kier alpha value is -1.26. The lowest BCUT2D eigenvalue weighted by molar-refractivity contribution is -0.127. The van der Waals surface area contributed by atoms with Crippen LogP contribution in [-0.2, 0) is 9.53 Å². The molecule has 1 fully saturated rings. The molecule has 3 N–H and O–H groups in total. The van der Waals surface area contributed by atoms with Crippen molar-refractivity contribution >= 4 is 41.9 Å². The molecular formula is C19H38IN5O3. The molecule has 1 heterocycles. The first-order valence-electron chi connectivity index (χ1n) is 10.2. The zero-order valence-corrected chi connectivity index (χ0v) is 20.1. The molecule has 0 aromatic heterocycles. The lowest BCUT2D eigenvalue weighted by atomic mass is 10.0. The summed E-state index contributed by atoms with van der Waals surface area (Å²) in [6, 6.07) is -0.0678. The largest absolute Gasteiger partial charge is 0.450 e. The van der Waals surface area contributed by atoms with Crippen LogP contribution >= 0.6 is 24.0 Å². The van der Waals surface area contributed by atoms with Crippen molar-refractivity contribution < 1.29 is 14.3 Å². The third-order valence-electron chi connectivity index (χ3n) is 4.24. The molecule has 1 aliphatic rings. The molecular weight excluding hydrogens is 473 g/mol. The van der Waals surface area contributed by atoms with Crippen LogP contribution in [0.15, 0.2) is 4.99 Å². The van der Waals surface area contributed by atoms with Gasteiger partial charge in [-0.3, -0.25) is 9.79 Å². The number of halogens is 1. The maximum Gasteiger partial charge on any atom is 0.407 e. The van der Waals surface area contributed by atoms with Crippen LogP contribution in [0.25, 0.3) is 0 Å². The molecule has 1 aliphatic heterocycles. The number of ether oxygens (including phenoxy) is 1. The number of alkyl carbamates (subject to hydrolysis) is 1. The van der Waals surface area contributed by atoms with Crippen molar-refractivity contribution in [2.45, 2.75) is 59.4 Å². The number of rotatable bonds is 11. The molecule has 1 saturated heterocycles. The van der Waals surface area contributed by atoms with Crippen LogP contribution in [0.1, 0.15) is 53.4 Å². The molecule has 0 aromatic rings. The number of nitrogens with zero attached hydrogens (tertiary/aromatic N) is 2. The summed E-state index contributed by atoms with van der Waals surface area (Å²) in [6.07, 6.45) is 2.97. The first-order valence-corrected chi connectivity index (χ1v) is 10.2. The van der Waals surface area contributed by atoms with Crippen molar-refractivity contribution in [3.8, 4) is 0 Å². The average molecular weight is 511 g/mol. The number of hydrogen-bond donors (Lipinski definition) is 3. The van der Waals surface area contributed by atoms with Crippen LogP contribution in [0.3, 0.4) is 0 Å². The standard InChI is InChI=1S/C19H37N5O3.HI/c1-5-20-18(21-10-8-12-24-11-7-9-17(24)25)22-14-16(13-15(3)4)23-19(26)27-6-2;/h15-16H,5-14H2,1-4H3,(H,23,26)(H2,20,21,22);1H. The van der Waals surface area contributed by atoms with Crippen molar-refractivity contribution in [2.24, 2.45) is 10.9 Å². The molecule has 1 rings (SSSR count). The molecule has 0 radical (unpaired) electrons. The van der Waals surface area contributed by atoms with Crippen molar-refractivity contribution in [1.29, 1.82) is 0 Å². The fourth-order valence-corrected chi connectivity index (χ4v) is 3.05. The molecule has 0 bridgehead atoms. The predicted octanol–water partition coefficient (Wildman–Crippen LogP) is 2.33. The zero-order valence-electron chi connectivity index (χ0n) is 17.8. The van der Waals surface area contributed by atoms with Gasteiger partial charge in [0.2, 0.25) is 5.91 Å². The van der Waals surface area contributed by atoms with Gasteiger partial charge in [-0.2, -0.15) is 0 Å². The van der Waals surface area contributed by atoms with E-state index in [1.807, 2.05) is 11.8 Å². The van der Waals surface area contributed by atoms with E-state index in [1.165, 1.54) is 0 Å². The van der Waals surface area contributed by atoms with Gasteiger partial charge in [0.1, 0.15) is 0 Å². The van der Waals surface area contributed by atoms with Gasteiger partial charge in [0, 0.05) is 32.6 Å². The highest BCUT2D eigenvalue weighted by molar-refractivity contribution is 14.0. The number of nitrogens with one attached hydrogen (secondary N) is 3. The fourth-order valence-electron chi connectivity index (χ4n) is 3.05. The van der Waals surface area contributed by atoms with Crippen molar-refractivity contribution in [3.05, 3.63) is 0 Å². The molecule has 0 aliphatic carbocycles. The summed E-state index contributed by atoms with van der Waals surface area (Å²) in [5.41, 5.74) is 0. The summed E-state index contributed by atoms with van der Waals surface area (Å²) in [5, 5.41) is 9.41. The van der Waals surface area contributed by atoms with Gasteiger partial charge in [0.15, 0.2) is 5.96 Å². The van der Waals surface area contributed by atoms with Crippen molar-refractivity contribution in [3.63, 3.8) is 0 Å². The number of hydrogen-bond acceptors (Lipinski definition) is 4. The Labute approximate surface area is 186 Å². The molecule has 164 valence electrons. The van der Waals surface area contributed by atoms with Gasteiger partial charge >= 0.3 is 6.09 Å². The molecule has 0 saturated carbocycles. The molecule has 0 spiro atoms. The number of carbonyl (C=O) groups excluding carboxylic acids is 2. The van der Waals surface area contributed by atoms with Crippen LogP contribution in [0.5, 0.6) is 0 Å². The van der Waals surface area contributed by atoms with E-state index in [0.29, 0.717) is 25.5 Å². The Morgan fingerprint density at radius 1 is 1.29 bits per heavy atom. The van der Waals surface area contributed by atoms with Gasteiger partial charge in [-0.05, 0) is 39.0 Å². The number of carbonyl (C=O) groups is 2. The number of guanidine groups is 1. The Kier molecular flexibility index (Phi) is 14.9. The second-order valence-electron chi connectivity index (χ2n) is 7.18. The highest BCUT2D eigenvalue weighted by atomic mass is 127. The summed E-state index contributed by atoms with van der Waals surface area (Å²) in [6.45, 7) is 12.0. The van der Waals surface area contributed by atoms with Gasteiger partial charge in [-0.15, -0.1) is 24.0 Å². The molecule has 28 heavy (non-hydrogen) atoms. The minimum atomic E-state index is -0.397. The lowest BCUT2D eigenvalue weighted by Crippen LogP contribution is -2.42. The summed E-state index contributed by atoms with van der Waals surface area (Å²) < 4.78 is 4.98. The maximum atomic E-state index is 11.7. The second kappa shape index (κ2) is 15.6. The molecule has 9 heteroatoms. The third kappa shape index (κ3) is 11.6. The topological polar surface area (TPSA) is 95.1 Å². The van der Waals surface area contributed by atoms with Gasteiger partial charge in [0.05, 0.1) is 19.2 Å². The smallest absolute Gasteiger partial charge is 0.407 e. The van der Waals surface area contributed by atoms with Gasteiger partial charge < -0.3 is 25.6 Å². The SMILES string of the molecule is CCNC(=NCC(CC(C)C)NC(=O)OCC)NCCCN1CCCC1=O.I. The van der Waals surface area contributed by atoms with Crippen LogP contribution in [0.2, 0.25) is 0 Å². The Morgan fingerprint density at radius 3 is 2.61 bits per heavy atom.